The summed E-state index contributed by atoms with van der Waals surface area (Å²) < 4.78 is 0.933. The first-order chi connectivity index (χ1) is 12.5. The van der Waals surface area contributed by atoms with E-state index in [1.165, 1.54) is 0 Å². The predicted octanol–water partition coefficient (Wildman–Crippen LogP) is 6.95. The maximum absolute atomic E-state index is 10.6. The highest BCUT2D eigenvalue weighted by Gasteiger charge is 2.24. The summed E-state index contributed by atoms with van der Waals surface area (Å²) >= 11 is 11.3. The third-order valence-corrected chi connectivity index (χ3v) is 6.30. The van der Waals surface area contributed by atoms with Gasteiger partial charge >= 0.3 is 0 Å². The van der Waals surface area contributed by atoms with E-state index in [2.05, 4.69) is 28.1 Å². The monoisotopic (exact) mass is 464 g/mol. The van der Waals surface area contributed by atoms with Gasteiger partial charge in [-0.3, -0.25) is 0 Å². The van der Waals surface area contributed by atoms with Gasteiger partial charge in [-0.25, -0.2) is 0 Å². The van der Waals surface area contributed by atoms with Crippen molar-refractivity contribution in [1.29, 1.82) is 0 Å². The minimum Gasteiger partial charge on any atom is -0.386 e. The van der Waals surface area contributed by atoms with Crippen LogP contribution in [0.1, 0.15) is 38.8 Å². The number of hydrogen-bond acceptors (Lipinski definition) is 3. The van der Waals surface area contributed by atoms with Crippen LogP contribution in [0, 0.1) is 0 Å². The van der Waals surface area contributed by atoms with Gasteiger partial charge in [0.15, 0.2) is 0 Å². The highest BCUT2D eigenvalue weighted by molar-refractivity contribution is 9.10. The Labute approximate surface area is 177 Å². The van der Waals surface area contributed by atoms with Crippen LogP contribution in [0.25, 0.3) is 20.9 Å². The van der Waals surface area contributed by atoms with Gasteiger partial charge in [-0.05, 0) is 86.3 Å². The first-order valence-electron chi connectivity index (χ1n) is 8.62. The molecule has 0 saturated heterocycles. The van der Waals surface area contributed by atoms with Gasteiger partial charge in [0, 0.05) is 19.2 Å². The molecule has 3 aromatic rings. The second kappa shape index (κ2) is 7.34. The van der Waals surface area contributed by atoms with Crippen molar-refractivity contribution in [3.8, 4) is 20.9 Å². The van der Waals surface area contributed by atoms with Gasteiger partial charge < -0.3 is 10.2 Å². The third-order valence-electron chi connectivity index (χ3n) is 4.42. The normalized spacial score (nSPS) is 12.4. The van der Waals surface area contributed by atoms with Gasteiger partial charge in [0.05, 0.1) is 11.2 Å². The SMILES string of the molecule is CC(C)(O)c1cc(Cl)ccc1-c1ccc(-c2ccc(Br)cc2C(C)(C)O)s1. The summed E-state index contributed by atoms with van der Waals surface area (Å²) in [6.45, 7) is 7.10. The molecular formula is C22H22BrClO2S. The molecule has 2 nitrogen and oxygen atoms in total. The summed E-state index contributed by atoms with van der Waals surface area (Å²) in [5, 5.41) is 21.8. The standard InChI is InChI=1S/C22H22BrClO2S/c1-21(2,25)17-11-13(23)5-7-15(17)19-9-10-20(27-19)16-8-6-14(24)12-18(16)22(3,4)26/h5-12,25-26H,1-4H3. The molecule has 1 aromatic heterocycles. The molecule has 0 unspecified atom stereocenters. The Hall–Kier alpha value is -1.17. The Morgan fingerprint density at radius 1 is 0.778 bits per heavy atom. The Morgan fingerprint density at radius 3 is 1.78 bits per heavy atom. The van der Waals surface area contributed by atoms with Crippen molar-refractivity contribution in [3.63, 3.8) is 0 Å². The Kier molecular flexibility index (Phi) is 5.59. The van der Waals surface area contributed by atoms with E-state index in [4.69, 9.17) is 11.6 Å². The summed E-state index contributed by atoms with van der Waals surface area (Å²) in [5.41, 5.74) is 1.67. The van der Waals surface area contributed by atoms with E-state index >= 15 is 0 Å². The van der Waals surface area contributed by atoms with Crippen LogP contribution in [-0.4, -0.2) is 10.2 Å². The molecule has 0 radical (unpaired) electrons. The maximum atomic E-state index is 10.6. The van der Waals surface area contributed by atoms with Gasteiger partial charge in [-0.1, -0.05) is 39.7 Å². The summed E-state index contributed by atoms with van der Waals surface area (Å²) in [6.07, 6.45) is 0. The Balaban J connectivity index is 2.13. The lowest BCUT2D eigenvalue weighted by molar-refractivity contribution is 0.0786. The molecule has 0 bridgehead atoms. The van der Waals surface area contributed by atoms with Crippen LogP contribution in [-0.2, 0) is 11.2 Å². The van der Waals surface area contributed by atoms with Gasteiger partial charge in [0.2, 0.25) is 0 Å². The van der Waals surface area contributed by atoms with E-state index in [0.717, 1.165) is 36.5 Å². The molecule has 0 fully saturated rings. The molecule has 0 aliphatic rings. The van der Waals surface area contributed by atoms with E-state index in [9.17, 15) is 10.2 Å². The van der Waals surface area contributed by atoms with Gasteiger partial charge in [0.1, 0.15) is 0 Å². The van der Waals surface area contributed by atoms with Gasteiger partial charge in [0.25, 0.3) is 0 Å². The molecule has 0 atom stereocenters. The molecule has 27 heavy (non-hydrogen) atoms. The fourth-order valence-electron chi connectivity index (χ4n) is 3.10. The second-order valence-electron chi connectivity index (χ2n) is 7.66. The fourth-order valence-corrected chi connectivity index (χ4v) is 4.72. The lowest BCUT2D eigenvalue weighted by atomic mass is 9.92. The van der Waals surface area contributed by atoms with Crippen LogP contribution in [0.15, 0.2) is 53.0 Å². The van der Waals surface area contributed by atoms with Crippen LogP contribution in [0.4, 0.5) is 0 Å². The molecule has 5 heteroatoms. The van der Waals surface area contributed by atoms with E-state index in [1.54, 1.807) is 39.0 Å². The number of hydrogen-bond donors (Lipinski definition) is 2. The van der Waals surface area contributed by atoms with Crippen molar-refractivity contribution >= 4 is 38.9 Å². The molecule has 142 valence electrons. The predicted molar refractivity (Wildman–Crippen MR) is 118 cm³/mol. The quantitative estimate of drug-likeness (QED) is 0.437. The van der Waals surface area contributed by atoms with Crippen molar-refractivity contribution in [3.05, 3.63) is 69.2 Å². The Bertz CT molecular complexity index is 903. The smallest absolute Gasteiger partial charge is 0.0847 e. The molecule has 0 saturated carbocycles. The van der Waals surface area contributed by atoms with E-state index < -0.39 is 11.2 Å². The van der Waals surface area contributed by atoms with Crippen molar-refractivity contribution in [2.75, 3.05) is 0 Å². The number of rotatable bonds is 4. The number of aliphatic hydroxyl groups is 2. The summed E-state index contributed by atoms with van der Waals surface area (Å²) in [4.78, 5) is 2.11. The molecule has 1 heterocycles. The molecular weight excluding hydrogens is 444 g/mol. The molecule has 2 aromatic carbocycles. The first kappa shape index (κ1) is 20.6. The lowest BCUT2D eigenvalue weighted by Crippen LogP contribution is -2.16. The minimum absolute atomic E-state index is 0.602. The maximum Gasteiger partial charge on any atom is 0.0847 e. The summed E-state index contributed by atoms with van der Waals surface area (Å²) in [7, 11) is 0. The van der Waals surface area contributed by atoms with Crippen LogP contribution < -0.4 is 0 Å². The van der Waals surface area contributed by atoms with Crippen molar-refractivity contribution in [1.82, 2.24) is 0 Å². The minimum atomic E-state index is -1.000. The van der Waals surface area contributed by atoms with Gasteiger partial charge in [-0.2, -0.15) is 0 Å². The third kappa shape index (κ3) is 4.47. The van der Waals surface area contributed by atoms with E-state index in [-0.39, 0.29) is 0 Å². The molecule has 0 amide bonds. The lowest BCUT2D eigenvalue weighted by Gasteiger charge is -2.22. The van der Waals surface area contributed by atoms with Crippen molar-refractivity contribution < 1.29 is 10.2 Å². The van der Waals surface area contributed by atoms with Crippen LogP contribution in [0.3, 0.4) is 0 Å². The van der Waals surface area contributed by atoms with Gasteiger partial charge in [-0.15, -0.1) is 11.3 Å². The molecule has 0 spiro atoms. The van der Waals surface area contributed by atoms with Crippen LogP contribution in [0.2, 0.25) is 5.02 Å². The average Bonchev–Trinajstić information content (AvgIpc) is 3.02. The number of benzene rings is 2. The fraction of sp³-hybridized carbons (Fsp3) is 0.273. The van der Waals surface area contributed by atoms with E-state index in [1.807, 2.05) is 36.4 Å². The summed E-state index contributed by atoms with van der Waals surface area (Å²) in [6, 6.07) is 15.7. The van der Waals surface area contributed by atoms with Crippen molar-refractivity contribution in [2.24, 2.45) is 0 Å². The molecule has 0 aliphatic heterocycles. The largest absolute Gasteiger partial charge is 0.386 e. The first-order valence-corrected chi connectivity index (χ1v) is 10.6. The molecule has 2 N–H and O–H groups in total. The molecule has 0 aliphatic carbocycles. The zero-order chi connectivity index (χ0) is 20.0. The van der Waals surface area contributed by atoms with E-state index in [0.29, 0.717) is 5.02 Å². The zero-order valence-electron chi connectivity index (χ0n) is 15.7. The van der Waals surface area contributed by atoms with Crippen molar-refractivity contribution in [2.45, 2.75) is 38.9 Å². The molecule has 3 rings (SSSR count). The zero-order valence-corrected chi connectivity index (χ0v) is 18.8. The second-order valence-corrected chi connectivity index (χ2v) is 10.1. The van der Waals surface area contributed by atoms with Crippen LogP contribution in [0.5, 0.6) is 0 Å². The number of thiophene rings is 1. The number of halogens is 2. The topological polar surface area (TPSA) is 40.5 Å². The average molecular weight is 466 g/mol. The van der Waals surface area contributed by atoms with Crippen LogP contribution >= 0.6 is 38.9 Å². The highest BCUT2D eigenvalue weighted by Crippen LogP contribution is 2.42. The highest BCUT2D eigenvalue weighted by atomic mass is 79.9. The Morgan fingerprint density at radius 2 is 1.26 bits per heavy atom. The summed E-state index contributed by atoms with van der Waals surface area (Å²) in [5.74, 6) is 0.